The second-order valence-corrected chi connectivity index (χ2v) is 5.69. The van der Waals surface area contributed by atoms with Crippen LogP contribution in [-0.4, -0.2) is 49.0 Å². The highest BCUT2D eigenvalue weighted by molar-refractivity contribution is 7.89. The highest BCUT2D eigenvalue weighted by Crippen LogP contribution is 2.20. The van der Waals surface area contributed by atoms with Gasteiger partial charge in [-0.1, -0.05) is 0 Å². The molecule has 1 N–H and O–H groups in total. The summed E-state index contributed by atoms with van der Waals surface area (Å²) in [5, 5.41) is 2.74. The molecule has 6 nitrogen and oxygen atoms in total. The van der Waals surface area contributed by atoms with Gasteiger partial charge in [0.05, 0.1) is 12.4 Å². The lowest BCUT2D eigenvalue weighted by Gasteiger charge is -2.18. The predicted octanol–water partition coefficient (Wildman–Crippen LogP) is 1.09. The van der Waals surface area contributed by atoms with Crippen LogP contribution in [0.3, 0.4) is 0 Å². The molecule has 0 aliphatic rings. The van der Waals surface area contributed by atoms with Crippen LogP contribution in [0.5, 0.6) is 0 Å². The van der Waals surface area contributed by atoms with E-state index in [1.165, 1.54) is 0 Å². The number of nitrogens with zero attached hydrogens (tertiary/aromatic N) is 3. The van der Waals surface area contributed by atoms with Crippen molar-refractivity contribution in [3.63, 3.8) is 0 Å². The van der Waals surface area contributed by atoms with E-state index in [0.717, 1.165) is 19.4 Å². The van der Waals surface area contributed by atoms with Crippen molar-refractivity contribution in [2.75, 3.05) is 25.5 Å². The van der Waals surface area contributed by atoms with Crippen molar-refractivity contribution < 1.29 is 21.6 Å². The van der Waals surface area contributed by atoms with Gasteiger partial charge >= 0.3 is 6.18 Å². The Bertz CT molecular complexity index is 515. The summed E-state index contributed by atoms with van der Waals surface area (Å²) in [5.74, 6) is 0.208. The van der Waals surface area contributed by atoms with Crippen LogP contribution < -0.4 is 5.32 Å². The average molecular weight is 298 g/mol. The van der Waals surface area contributed by atoms with Crippen LogP contribution in [0.15, 0.2) is 17.3 Å². The van der Waals surface area contributed by atoms with Crippen LogP contribution in [0, 0.1) is 0 Å². The summed E-state index contributed by atoms with van der Waals surface area (Å²) in [6.07, 6.45) is -2.67. The number of anilines is 1. The number of aromatic nitrogens is 2. The van der Waals surface area contributed by atoms with Gasteiger partial charge in [-0.3, -0.25) is 0 Å². The van der Waals surface area contributed by atoms with Crippen LogP contribution >= 0.6 is 0 Å². The van der Waals surface area contributed by atoms with Gasteiger partial charge in [-0.25, -0.2) is 18.4 Å². The lowest BCUT2D eigenvalue weighted by Crippen LogP contribution is -2.35. The molecule has 0 radical (unpaired) electrons. The van der Waals surface area contributed by atoms with E-state index in [1.807, 2.05) is 0 Å². The number of halogens is 3. The van der Waals surface area contributed by atoms with Gasteiger partial charge in [0, 0.05) is 13.6 Å². The molecule has 0 saturated carbocycles. The first-order chi connectivity index (χ1) is 8.66. The molecule has 0 bridgehead atoms. The highest BCUT2D eigenvalue weighted by Gasteiger charge is 2.35. The quantitative estimate of drug-likeness (QED) is 0.880. The number of hydrogen-bond donors (Lipinski definition) is 1. The Morgan fingerprint density at radius 3 is 2.26 bits per heavy atom. The molecule has 19 heavy (non-hydrogen) atoms. The summed E-state index contributed by atoms with van der Waals surface area (Å²) in [5.41, 5.74) is 0. The van der Waals surface area contributed by atoms with E-state index in [4.69, 9.17) is 0 Å². The molecule has 1 aromatic rings. The van der Waals surface area contributed by atoms with Crippen LogP contribution in [0.25, 0.3) is 0 Å². The van der Waals surface area contributed by atoms with Crippen LogP contribution in [-0.2, 0) is 10.0 Å². The molecular weight excluding hydrogens is 285 g/mol. The molecule has 10 heteroatoms. The number of sulfonamides is 1. The van der Waals surface area contributed by atoms with E-state index in [9.17, 15) is 21.6 Å². The first-order valence-electron chi connectivity index (χ1n) is 5.26. The molecule has 0 unspecified atom stereocenters. The van der Waals surface area contributed by atoms with Gasteiger partial charge in [-0.15, -0.1) is 0 Å². The van der Waals surface area contributed by atoms with Crippen LogP contribution in [0.4, 0.5) is 19.1 Å². The van der Waals surface area contributed by atoms with E-state index in [2.05, 4.69) is 15.3 Å². The molecule has 108 valence electrons. The first-order valence-corrected chi connectivity index (χ1v) is 6.70. The minimum Gasteiger partial charge on any atom is -0.355 e. The van der Waals surface area contributed by atoms with Gasteiger partial charge in [-0.05, 0) is 6.92 Å². The van der Waals surface area contributed by atoms with Gasteiger partial charge in [0.15, 0.2) is 0 Å². The van der Waals surface area contributed by atoms with Crippen molar-refractivity contribution in [1.82, 2.24) is 14.3 Å². The smallest absolute Gasteiger partial charge is 0.355 e. The van der Waals surface area contributed by atoms with E-state index < -0.39 is 22.7 Å². The molecule has 0 atom stereocenters. The standard InChI is InChI=1S/C9H13F3N4O2S/c1-3-13-8-14-4-7(5-15-8)19(17,18)16(2)6-9(10,11)12/h4-5H,3,6H2,1-2H3,(H,13,14,15). The fourth-order valence-corrected chi connectivity index (χ4v) is 2.26. The lowest BCUT2D eigenvalue weighted by atomic mass is 10.6. The summed E-state index contributed by atoms with van der Waals surface area (Å²) in [6, 6.07) is 0. The van der Waals surface area contributed by atoms with Crippen molar-refractivity contribution in [2.24, 2.45) is 0 Å². The van der Waals surface area contributed by atoms with Crippen LogP contribution in [0.2, 0.25) is 0 Å². The Balaban J connectivity index is 2.93. The molecule has 0 amide bonds. The zero-order valence-corrected chi connectivity index (χ0v) is 11.1. The minimum atomic E-state index is -4.60. The monoisotopic (exact) mass is 298 g/mol. The molecule has 0 aliphatic carbocycles. The Morgan fingerprint density at radius 2 is 1.84 bits per heavy atom. The Morgan fingerprint density at radius 1 is 1.32 bits per heavy atom. The number of nitrogens with one attached hydrogen (secondary N) is 1. The molecule has 1 aromatic heterocycles. The zero-order valence-electron chi connectivity index (χ0n) is 10.3. The molecular formula is C9H13F3N4O2S. The van der Waals surface area contributed by atoms with E-state index >= 15 is 0 Å². The topological polar surface area (TPSA) is 75.2 Å². The second kappa shape index (κ2) is 5.70. The SMILES string of the molecule is CCNc1ncc(S(=O)(=O)N(C)CC(F)(F)F)cn1. The van der Waals surface area contributed by atoms with E-state index in [0.29, 0.717) is 6.54 Å². The third-order valence-corrected chi connectivity index (χ3v) is 3.83. The molecule has 0 aromatic carbocycles. The largest absolute Gasteiger partial charge is 0.402 e. The maximum absolute atomic E-state index is 12.2. The summed E-state index contributed by atoms with van der Waals surface area (Å²) in [6.45, 7) is 0.773. The summed E-state index contributed by atoms with van der Waals surface area (Å²) in [4.78, 5) is 7.02. The predicted molar refractivity (Wildman–Crippen MR) is 62.1 cm³/mol. The Hall–Kier alpha value is -1.42. The Labute approximate surface area is 108 Å². The fourth-order valence-electron chi connectivity index (χ4n) is 1.22. The van der Waals surface area contributed by atoms with E-state index in [1.54, 1.807) is 6.92 Å². The molecule has 1 rings (SSSR count). The van der Waals surface area contributed by atoms with Crippen molar-refractivity contribution in [1.29, 1.82) is 0 Å². The molecule has 0 fully saturated rings. The minimum absolute atomic E-state index is 0.207. The van der Waals surface area contributed by atoms with Gasteiger partial charge in [-0.2, -0.15) is 17.5 Å². The summed E-state index contributed by atoms with van der Waals surface area (Å²) >= 11 is 0. The Kier molecular flexibility index (Phi) is 4.69. The van der Waals surface area contributed by atoms with E-state index in [-0.39, 0.29) is 15.1 Å². The number of alkyl halides is 3. The average Bonchev–Trinajstić information content (AvgIpc) is 2.28. The van der Waals surface area contributed by atoms with Crippen molar-refractivity contribution in [2.45, 2.75) is 18.0 Å². The third kappa shape index (κ3) is 4.31. The lowest BCUT2D eigenvalue weighted by molar-refractivity contribution is -0.134. The molecule has 0 aliphatic heterocycles. The van der Waals surface area contributed by atoms with Crippen molar-refractivity contribution >= 4 is 16.0 Å². The number of hydrogen-bond acceptors (Lipinski definition) is 5. The highest BCUT2D eigenvalue weighted by atomic mass is 32.2. The molecule has 0 saturated heterocycles. The normalized spacial score (nSPS) is 12.7. The molecule has 0 spiro atoms. The van der Waals surface area contributed by atoms with Gasteiger partial charge < -0.3 is 5.32 Å². The zero-order chi connectivity index (χ0) is 14.7. The van der Waals surface area contributed by atoms with Gasteiger partial charge in [0.1, 0.15) is 11.4 Å². The maximum atomic E-state index is 12.2. The third-order valence-electron chi connectivity index (χ3n) is 2.07. The van der Waals surface area contributed by atoms with Crippen molar-refractivity contribution in [3.8, 4) is 0 Å². The maximum Gasteiger partial charge on any atom is 0.402 e. The second-order valence-electron chi connectivity index (χ2n) is 3.65. The first kappa shape index (κ1) is 15.6. The summed E-state index contributed by atoms with van der Waals surface area (Å²) in [7, 11) is -3.40. The molecule has 1 heterocycles. The van der Waals surface area contributed by atoms with Crippen LogP contribution in [0.1, 0.15) is 6.92 Å². The summed E-state index contributed by atoms with van der Waals surface area (Å²) < 4.78 is 60.3. The fraction of sp³-hybridized carbons (Fsp3) is 0.556. The van der Waals surface area contributed by atoms with Crippen molar-refractivity contribution in [3.05, 3.63) is 12.4 Å². The van der Waals surface area contributed by atoms with Gasteiger partial charge in [0.25, 0.3) is 0 Å². The number of rotatable bonds is 5. The van der Waals surface area contributed by atoms with Gasteiger partial charge in [0.2, 0.25) is 16.0 Å².